The van der Waals surface area contributed by atoms with Crippen LogP contribution in [0.15, 0.2) is 6.07 Å². The number of rotatable bonds is 5. The maximum Gasteiger partial charge on any atom is 0.433 e. The molecule has 1 aromatic heterocycles. The molecule has 1 aliphatic heterocycles. The highest BCUT2D eigenvalue weighted by molar-refractivity contribution is 6.05. The predicted octanol–water partition coefficient (Wildman–Crippen LogP) is 0.0606. The van der Waals surface area contributed by atoms with E-state index in [1.165, 1.54) is 6.92 Å². The number of imide groups is 1. The lowest BCUT2D eigenvalue weighted by atomic mass is 10.2. The van der Waals surface area contributed by atoms with E-state index in [2.05, 4.69) is 20.6 Å². The third kappa shape index (κ3) is 4.64. The molecule has 2 rings (SSSR count). The molecule has 4 amide bonds. The molecule has 0 aliphatic carbocycles. The van der Waals surface area contributed by atoms with Gasteiger partial charge in [-0.3, -0.25) is 14.9 Å². The molecule has 130 valence electrons. The Hall–Kier alpha value is -2.72. The van der Waals surface area contributed by atoms with E-state index in [0.717, 1.165) is 6.07 Å². The van der Waals surface area contributed by atoms with E-state index in [9.17, 15) is 27.6 Å². The lowest BCUT2D eigenvalue weighted by molar-refractivity contribution is -0.141. The first kappa shape index (κ1) is 17.6. The number of hydrogen-bond acceptors (Lipinski definition) is 5. The number of aromatic nitrogens is 2. The van der Waals surface area contributed by atoms with Gasteiger partial charge in [0.05, 0.1) is 6.42 Å². The molecule has 1 saturated heterocycles. The second-order valence-corrected chi connectivity index (χ2v) is 5.13. The minimum Gasteiger partial charge on any atom is -0.356 e. The fourth-order valence-electron chi connectivity index (χ4n) is 2.06. The molecule has 1 atom stereocenters. The lowest BCUT2D eigenvalue weighted by Crippen LogP contribution is -2.36. The molecule has 0 bridgehead atoms. The van der Waals surface area contributed by atoms with Crippen LogP contribution >= 0.6 is 0 Å². The smallest absolute Gasteiger partial charge is 0.356 e. The molecular formula is C13H14F3N5O3. The molecular weight excluding hydrogens is 331 g/mol. The maximum atomic E-state index is 12.7. The van der Waals surface area contributed by atoms with Gasteiger partial charge in [0.25, 0.3) is 5.91 Å². The van der Waals surface area contributed by atoms with E-state index in [0.29, 0.717) is 0 Å². The Labute approximate surface area is 134 Å². The molecule has 1 fully saturated rings. The number of alkyl halides is 3. The monoisotopic (exact) mass is 345 g/mol. The van der Waals surface area contributed by atoms with Crippen molar-refractivity contribution in [1.82, 2.24) is 25.9 Å². The van der Waals surface area contributed by atoms with Gasteiger partial charge in [-0.2, -0.15) is 13.2 Å². The van der Waals surface area contributed by atoms with Crippen LogP contribution in [0.3, 0.4) is 0 Å². The molecule has 0 saturated carbocycles. The maximum absolute atomic E-state index is 12.7. The van der Waals surface area contributed by atoms with Crippen molar-refractivity contribution >= 4 is 17.8 Å². The van der Waals surface area contributed by atoms with E-state index in [1.807, 2.05) is 5.32 Å². The third-order valence-electron chi connectivity index (χ3n) is 3.11. The average Bonchev–Trinajstić information content (AvgIpc) is 2.75. The van der Waals surface area contributed by atoms with Crippen LogP contribution < -0.4 is 16.0 Å². The summed E-state index contributed by atoms with van der Waals surface area (Å²) in [7, 11) is 0. The van der Waals surface area contributed by atoms with Crippen LogP contribution in [-0.2, 0) is 22.2 Å². The average molecular weight is 345 g/mol. The Balaban J connectivity index is 1.86. The van der Waals surface area contributed by atoms with E-state index < -0.39 is 35.8 Å². The summed E-state index contributed by atoms with van der Waals surface area (Å²) in [6.45, 7) is 1.42. The minimum atomic E-state index is -4.57. The normalized spacial score (nSPS) is 17.4. The van der Waals surface area contributed by atoms with E-state index >= 15 is 0 Å². The quantitative estimate of drug-likeness (QED) is 0.653. The summed E-state index contributed by atoms with van der Waals surface area (Å²) in [5, 5.41) is 6.69. The van der Waals surface area contributed by atoms with Crippen LogP contribution in [-0.4, -0.2) is 40.4 Å². The number of hydrogen-bond donors (Lipinski definition) is 3. The standard InChI is InChI=1S/C13H14F3N5O3/c1-6-4-8(13(14,15)16)20-9(18-6)2-3-17-10(22)5-7-11(23)21-12(24)19-7/h4,7H,2-3,5H2,1H3,(H,17,22)(H2,19,21,23,24). The first-order chi connectivity index (χ1) is 11.1. The van der Waals surface area contributed by atoms with Gasteiger partial charge in [0.1, 0.15) is 17.6 Å². The number of amides is 4. The number of urea groups is 1. The summed E-state index contributed by atoms with van der Waals surface area (Å²) >= 11 is 0. The highest BCUT2D eigenvalue weighted by Gasteiger charge is 2.33. The van der Waals surface area contributed by atoms with Crippen molar-refractivity contribution in [2.45, 2.75) is 32.0 Å². The highest BCUT2D eigenvalue weighted by Crippen LogP contribution is 2.27. The fourth-order valence-corrected chi connectivity index (χ4v) is 2.06. The van der Waals surface area contributed by atoms with Crippen LogP contribution in [0.2, 0.25) is 0 Å². The molecule has 0 aromatic carbocycles. The SMILES string of the molecule is Cc1cc(C(F)(F)F)nc(CCNC(=O)CC2NC(=O)NC2=O)n1. The molecule has 11 heteroatoms. The zero-order chi connectivity index (χ0) is 17.9. The molecule has 2 heterocycles. The van der Waals surface area contributed by atoms with Crippen LogP contribution in [0.1, 0.15) is 23.6 Å². The molecule has 0 spiro atoms. The molecule has 1 aliphatic rings. The first-order valence-electron chi connectivity index (χ1n) is 6.95. The van der Waals surface area contributed by atoms with Gasteiger partial charge in [0, 0.05) is 18.7 Å². The Morgan fingerprint density at radius 2 is 2.04 bits per heavy atom. The summed E-state index contributed by atoms with van der Waals surface area (Å²) < 4.78 is 38.0. The van der Waals surface area contributed by atoms with Gasteiger partial charge >= 0.3 is 12.2 Å². The predicted molar refractivity (Wildman–Crippen MR) is 73.6 cm³/mol. The van der Waals surface area contributed by atoms with Gasteiger partial charge in [-0.1, -0.05) is 0 Å². The lowest BCUT2D eigenvalue weighted by Gasteiger charge is -2.10. The minimum absolute atomic E-state index is 0.000276. The van der Waals surface area contributed by atoms with Crippen molar-refractivity contribution in [3.05, 3.63) is 23.3 Å². The Kier molecular flexibility index (Phi) is 5.00. The molecule has 24 heavy (non-hydrogen) atoms. The summed E-state index contributed by atoms with van der Waals surface area (Å²) in [4.78, 5) is 41.2. The van der Waals surface area contributed by atoms with E-state index in [4.69, 9.17) is 0 Å². The van der Waals surface area contributed by atoms with Crippen LogP contribution in [0.25, 0.3) is 0 Å². The molecule has 0 radical (unpaired) electrons. The van der Waals surface area contributed by atoms with Crippen LogP contribution in [0.5, 0.6) is 0 Å². The van der Waals surface area contributed by atoms with E-state index in [1.54, 1.807) is 0 Å². The van der Waals surface area contributed by atoms with E-state index in [-0.39, 0.29) is 30.9 Å². The topological polar surface area (TPSA) is 113 Å². The molecule has 3 N–H and O–H groups in total. The van der Waals surface area contributed by atoms with Gasteiger partial charge in [-0.25, -0.2) is 14.8 Å². The third-order valence-corrected chi connectivity index (χ3v) is 3.11. The van der Waals surface area contributed by atoms with Crippen molar-refractivity contribution in [3.8, 4) is 0 Å². The second kappa shape index (κ2) is 6.81. The fraction of sp³-hybridized carbons (Fsp3) is 0.462. The molecule has 8 nitrogen and oxygen atoms in total. The van der Waals surface area contributed by atoms with Gasteiger partial charge in [-0.05, 0) is 13.0 Å². The number of carbonyl (C=O) groups is 3. The van der Waals surface area contributed by atoms with Gasteiger partial charge in [0.2, 0.25) is 5.91 Å². The summed E-state index contributed by atoms with van der Waals surface area (Å²) in [6.07, 6.45) is -4.83. The van der Waals surface area contributed by atoms with Gasteiger partial charge in [0.15, 0.2) is 0 Å². The Bertz CT molecular complexity index is 677. The molecule has 1 aromatic rings. The number of carbonyl (C=O) groups excluding carboxylic acids is 3. The van der Waals surface area contributed by atoms with Crippen molar-refractivity contribution in [2.24, 2.45) is 0 Å². The number of aryl methyl sites for hydroxylation is 1. The summed E-state index contributed by atoms with van der Waals surface area (Å²) in [5.74, 6) is -1.18. The van der Waals surface area contributed by atoms with Crippen molar-refractivity contribution in [2.75, 3.05) is 6.54 Å². The summed E-state index contributed by atoms with van der Waals surface area (Å²) in [5.41, 5.74) is -0.870. The van der Waals surface area contributed by atoms with Crippen molar-refractivity contribution < 1.29 is 27.6 Å². The second-order valence-electron chi connectivity index (χ2n) is 5.13. The zero-order valence-electron chi connectivity index (χ0n) is 12.5. The Morgan fingerprint density at radius 1 is 1.33 bits per heavy atom. The van der Waals surface area contributed by atoms with Crippen molar-refractivity contribution in [1.29, 1.82) is 0 Å². The van der Waals surface area contributed by atoms with Gasteiger partial charge < -0.3 is 10.6 Å². The number of halogens is 3. The van der Waals surface area contributed by atoms with Gasteiger partial charge in [-0.15, -0.1) is 0 Å². The number of nitrogens with zero attached hydrogens (tertiary/aromatic N) is 2. The largest absolute Gasteiger partial charge is 0.433 e. The zero-order valence-corrected chi connectivity index (χ0v) is 12.5. The molecule has 1 unspecified atom stereocenters. The van der Waals surface area contributed by atoms with Crippen molar-refractivity contribution in [3.63, 3.8) is 0 Å². The highest BCUT2D eigenvalue weighted by atomic mass is 19.4. The number of nitrogens with one attached hydrogen (secondary N) is 3. The summed E-state index contributed by atoms with van der Waals surface area (Å²) in [6, 6.07) is -0.793. The Morgan fingerprint density at radius 3 is 2.62 bits per heavy atom. The first-order valence-corrected chi connectivity index (χ1v) is 6.95. The van der Waals surface area contributed by atoms with Crippen LogP contribution in [0, 0.1) is 6.92 Å². The van der Waals surface area contributed by atoms with Crippen LogP contribution in [0.4, 0.5) is 18.0 Å².